The summed E-state index contributed by atoms with van der Waals surface area (Å²) in [6, 6.07) is 0. The maximum atomic E-state index is 12.6. The van der Waals surface area contributed by atoms with Crippen LogP contribution in [0.15, 0.2) is 11.6 Å². The zero-order chi connectivity index (χ0) is 23.2. The Morgan fingerprint density at radius 3 is 2.64 bits per heavy atom. The minimum Gasteiger partial charge on any atom is -0.462 e. The van der Waals surface area contributed by atoms with Crippen LogP contribution in [-0.4, -0.2) is 55.6 Å². The number of morpholine rings is 1. The van der Waals surface area contributed by atoms with Gasteiger partial charge in [0.25, 0.3) is 0 Å². The number of nitrogens with zero attached hydrogens (tertiary/aromatic N) is 1. The average molecular weight is 458 g/mol. The third kappa shape index (κ3) is 4.22. The molecule has 5 aliphatic rings. The summed E-state index contributed by atoms with van der Waals surface area (Å²) in [7, 11) is 0. The second kappa shape index (κ2) is 9.11. The number of fused-ring (bicyclic) bond motifs is 5. The van der Waals surface area contributed by atoms with Crippen LogP contribution in [0.3, 0.4) is 0 Å². The fourth-order valence-corrected chi connectivity index (χ4v) is 8.76. The average Bonchev–Trinajstić information content (AvgIpc) is 3.16. The number of hydrogen-bond donors (Lipinski definition) is 0. The van der Waals surface area contributed by atoms with Gasteiger partial charge < -0.3 is 9.47 Å². The zero-order valence-corrected chi connectivity index (χ0v) is 20.9. The van der Waals surface area contributed by atoms with Crippen molar-refractivity contribution in [2.24, 2.45) is 34.5 Å². The molecule has 0 amide bonds. The van der Waals surface area contributed by atoms with Crippen LogP contribution in [0.4, 0.5) is 0 Å². The molecule has 0 spiro atoms. The molecule has 0 aromatic heterocycles. The van der Waals surface area contributed by atoms with Crippen molar-refractivity contribution in [2.45, 2.75) is 84.7 Å². The van der Waals surface area contributed by atoms with E-state index in [2.05, 4.69) is 24.8 Å². The Hall–Kier alpha value is -1.20. The van der Waals surface area contributed by atoms with Gasteiger partial charge in [0.1, 0.15) is 6.10 Å². The third-order valence-electron chi connectivity index (χ3n) is 10.6. The number of carbonyl (C=O) groups excluding carboxylic acids is 2. The molecule has 1 saturated heterocycles. The summed E-state index contributed by atoms with van der Waals surface area (Å²) in [5.41, 5.74) is 1.58. The first-order chi connectivity index (χ1) is 15.8. The molecule has 0 radical (unpaired) electrons. The molecule has 0 aromatic carbocycles. The van der Waals surface area contributed by atoms with Gasteiger partial charge in [0.05, 0.1) is 19.6 Å². The van der Waals surface area contributed by atoms with Gasteiger partial charge in [-0.25, -0.2) is 0 Å². The Labute approximate surface area is 199 Å². The van der Waals surface area contributed by atoms with Gasteiger partial charge in [0.2, 0.25) is 0 Å². The van der Waals surface area contributed by atoms with E-state index in [0.29, 0.717) is 23.7 Å². The number of esters is 1. The van der Waals surface area contributed by atoms with E-state index in [1.54, 1.807) is 6.92 Å². The highest BCUT2D eigenvalue weighted by atomic mass is 16.5. The minimum absolute atomic E-state index is 0.0222. The molecule has 1 heterocycles. The van der Waals surface area contributed by atoms with Crippen molar-refractivity contribution in [2.75, 3.05) is 32.8 Å². The van der Waals surface area contributed by atoms with E-state index in [-0.39, 0.29) is 23.3 Å². The Kier molecular flexibility index (Phi) is 6.50. The summed E-state index contributed by atoms with van der Waals surface area (Å²) in [6.45, 7) is 10.8. The van der Waals surface area contributed by atoms with Gasteiger partial charge in [-0.1, -0.05) is 19.9 Å². The predicted octanol–water partition coefficient (Wildman–Crippen LogP) is 4.79. The number of rotatable bonds is 5. The highest BCUT2D eigenvalue weighted by Crippen LogP contribution is 2.66. The summed E-state index contributed by atoms with van der Waals surface area (Å²) >= 11 is 0. The van der Waals surface area contributed by atoms with Crippen molar-refractivity contribution in [3.05, 3.63) is 11.6 Å². The maximum Gasteiger partial charge on any atom is 0.307 e. The van der Waals surface area contributed by atoms with E-state index in [1.807, 2.05) is 0 Å². The molecule has 0 bridgehead atoms. The van der Waals surface area contributed by atoms with Crippen LogP contribution in [0.5, 0.6) is 0 Å². The summed E-state index contributed by atoms with van der Waals surface area (Å²) < 4.78 is 11.4. The van der Waals surface area contributed by atoms with Crippen LogP contribution in [0.25, 0.3) is 0 Å². The predicted molar refractivity (Wildman–Crippen MR) is 128 cm³/mol. The molecule has 4 fully saturated rings. The van der Waals surface area contributed by atoms with Gasteiger partial charge in [-0.2, -0.15) is 0 Å². The zero-order valence-electron chi connectivity index (χ0n) is 20.9. The highest BCUT2D eigenvalue weighted by molar-refractivity contribution is 5.95. The van der Waals surface area contributed by atoms with E-state index in [4.69, 9.17) is 9.47 Å². The van der Waals surface area contributed by atoms with Crippen molar-refractivity contribution in [3.63, 3.8) is 0 Å². The third-order valence-corrected chi connectivity index (χ3v) is 10.6. The lowest BCUT2D eigenvalue weighted by Crippen LogP contribution is -2.54. The van der Waals surface area contributed by atoms with Crippen LogP contribution in [0, 0.1) is 34.5 Å². The van der Waals surface area contributed by atoms with E-state index in [0.717, 1.165) is 75.9 Å². The van der Waals surface area contributed by atoms with Gasteiger partial charge in [-0.15, -0.1) is 0 Å². The first kappa shape index (κ1) is 23.5. The minimum atomic E-state index is -0.0222. The first-order valence-corrected chi connectivity index (χ1v) is 13.5. The first-order valence-electron chi connectivity index (χ1n) is 13.5. The Bertz CT molecular complexity index is 802. The molecule has 5 heteroatoms. The topological polar surface area (TPSA) is 55.8 Å². The van der Waals surface area contributed by atoms with E-state index in [9.17, 15) is 9.59 Å². The number of ketones is 1. The Morgan fingerprint density at radius 1 is 1.09 bits per heavy atom. The number of Topliss-reactive ketones (excluding diaryl/α,β-unsaturated/α-hetero) is 1. The number of allylic oxidation sites excluding steroid dienone is 2. The molecule has 0 N–H and O–H groups in total. The monoisotopic (exact) mass is 457 g/mol. The van der Waals surface area contributed by atoms with E-state index in [1.165, 1.54) is 25.7 Å². The fraction of sp³-hybridized carbons (Fsp3) is 0.857. The number of ether oxygens (including phenoxy) is 2. The van der Waals surface area contributed by atoms with Gasteiger partial charge >= 0.3 is 5.97 Å². The molecule has 1 aliphatic heterocycles. The summed E-state index contributed by atoms with van der Waals surface area (Å²) in [4.78, 5) is 27.2. The lowest BCUT2D eigenvalue weighted by molar-refractivity contribution is -0.161. The largest absolute Gasteiger partial charge is 0.462 e. The van der Waals surface area contributed by atoms with Crippen LogP contribution in [0.2, 0.25) is 0 Å². The molecule has 33 heavy (non-hydrogen) atoms. The molecule has 0 aromatic rings. The molecule has 3 saturated carbocycles. The van der Waals surface area contributed by atoms with Crippen molar-refractivity contribution in [1.29, 1.82) is 0 Å². The van der Waals surface area contributed by atoms with Gasteiger partial charge in [0, 0.05) is 19.6 Å². The summed E-state index contributed by atoms with van der Waals surface area (Å²) in [6.07, 6.45) is 12.1. The van der Waals surface area contributed by atoms with Gasteiger partial charge in [-0.05, 0) is 98.4 Å². The van der Waals surface area contributed by atoms with Crippen LogP contribution in [0.1, 0.15) is 78.6 Å². The lowest BCUT2D eigenvalue weighted by Gasteiger charge is -2.60. The quantitative estimate of drug-likeness (QED) is 0.556. The Balaban J connectivity index is 1.18. The van der Waals surface area contributed by atoms with E-state index < -0.39 is 0 Å². The van der Waals surface area contributed by atoms with Crippen LogP contribution >= 0.6 is 0 Å². The van der Waals surface area contributed by atoms with Crippen molar-refractivity contribution >= 4 is 11.8 Å². The fourth-order valence-electron chi connectivity index (χ4n) is 8.76. The standard InChI is InChI=1S/C28H43NO4/c1-19(30)23-6-7-24-22-5-4-20-18-21(33-26(31)10-13-29-14-16-32-17-15-29)8-11-27(20,2)25(22)9-12-28(23,24)3/h6,20-22,24-25H,4-5,7-18H2,1-3H3/t20-,21?,22?,24?,25?,27-,28+/m0/s1. The molecule has 4 unspecified atom stereocenters. The molecule has 5 rings (SSSR count). The molecule has 5 nitrogen and oxygen atoms in total. The van der Waals surface area contributed by atoms with Crippen molar-refractivity contribution in [3.8, 4) is 0 Å². The van der Waals surface area contributed by atoms with E-state index >= 15 is 0 Å². The smallest absolute Gasteiger partial charge is 0.307 e. The van der Waals surface area contributed by atoms with Crippen molar-refractivity contribution in [1.82, 2.24) is 4.90 Å². The molecule has 184 valence electrons. The second-order valence-corrected chi connectivity index (χ2v) is 12.1. The summed E-state index contributed by atoms with van der Waals surface area (Å²) in [5, 5.41) is 0. The van der Waals surface area contributed by atoms with Gasteiger partial charge in [0.15, 0.2) is 5.78 Å². The molecular formula is C28H43NO4. The SMILES string of the molecule is CC(=O)C1=CCC2C3CC[C@H]4CC(OC(=O)CCN5CCOCC5)CC[C@]4(C)C3CC[C@]12C. The number of carbonyl (C=O) groups is 2. The molecule has 4 aliphatic carbocycles. The molecular weight excluding hydrogens is 414 g/mol. The highest BCUT2D eigenvalue weighted by Gasteiger charge is 2.59. The van der Waals surface area contributed by atoms with Crippen molar-refractivity contribution < 1.29 is 19.1 Å². The Morgan fingerprint density at radius 2 is 1.88 bits per heavy atom. The van der Waals surface area contributed by atoms with Crippen LogP contribution < -0.4 is 0 Å². The summed E-state index contributed by atoms with van der Waals surface area (Å²) in [5.74, 6) is 3.07. The normalized spacial score (nSPS) is 43.1. The maximum absolute atomic E-state index is 12.6. The van der Waals surface area contributed by atoms with Gasteiger partial charge in [-0.3, -0.25) is 14.5 Å². The number of hydrogen-bond acceptors (Lipinski definition) is 5. The lowest BCUT2D eigenvalue weighted by atomic mass is 9.44. The van der Waals surface area contributed by atoms with Crippen LogP contribution in [-0.2, 0) is 19.1 Å². The molecule has 7 atom stereocenters. The second-order valence-electron chi connectivity index (χ2n) is 12.1.